The topological polar surface area (TPSA) is 17.8 Å². The Morgan fingerprint density at radius 1 is 0.743 bits per heavy atom. The van der Waals surface area contributed by atoms with E-state index >= 15 is 0 Å². The predicted octanol–water partition coefficient (Wildman–Crippen LogP) is 8.34. The van der Waals surface area contributed by atoms with Crippen molar-refractivity contribution in [3.63, 3.8) is 0 Å². The molecule has 0 aliphatic heterocycles. The van der Waals surface area contributed by atoms with Crippen molar-refractivity contribution in [2.24, 2.45) is 0 Å². The minimum absolute atomic E-state index is 0. The van der Waals surface area contributed by atoms with E-state index < -0.39 is 0 Å². The van der Waals surface area contributed by atoms with Crippen LogP contribution in [0, 0.1) is 40.7 Å². The summed E-state index contributed by atoms with van der Waals surface area (Å²) in [6.45, 7) is 10.9. The first-order chi connectivity index (χ1) is 16.5. The largest absolute Gasteiger partial charge is 0.307 e. The normalized spacial score (nSPS) is 11.3. The van der Waals surface area contributed by atoms with Crippen LogP contribution in [-0.2, 0) is 20.1 Å². The number of benzene rings is 5. The van der Waals surface area contributed by atoms with Gasteiger partial charge in [0.25, 0.3) is 0 Å². The molecule has 0 unspecified atom stereocenters. The predicted molar refractivity (Wildman–Crippen MR) is 144 cm³/mol. The van der Waals surface area contributed by atoms with Crippen molar-refractivity contribution < 1.29 is 20.1 Å². The van der Waals surface area contributed by atoms with Gasteiger partial charge in [-0.05, 0) is 67.8 Å². The Bertz CT molecular complexity index is 1710. The molecule has 0 bridgehead atoms. The Hall–Kier alpha value is -3.26. The van der Waals surface area contributed by atoms with Crippen LogP contribution in [0.25, 0.3) is 49.4 Å². The summed E-state index contributed by atoms with van der Waals surface area (Å²) in [5.74, 6) is 0. The molecule has 3 heteroatoms. The second-order valence-corrected chi connectivity index (χ2v) is 9.51. The van der Waals surface area contributed by atoms with Crippen molar-refractivity contribution in [1.29, 1.82) is 0 Å². The third-order valence-corrected chi connectivity index (χ3v) is 7.08. The van der Waals surface area contributed by atoms with Gasteiger partial charge in [0.05, 0.1) is 12.0 Å². The summed E-state index contributed by atoms with van der Waals surface area (Å²) in [7, 11) is 0. The number of rotatable bonds is 2. The summed E-state index contributed by atoms with van der Waals surface area (Å²) < 4.78 is 2.27. The van der Waals surface area contributed by atoms with Crippen LogP contribution < -0.4 is 0 Å². The van der Waals surface area contributed by atoms with E-state index in [9.17, 15) is 0 Å². The number of aryl methyl sites for hydroxylation is 5. The Balaban J connectivity index is 0.00000253. The third-order valence-electron chi connectivity index (χ3n) is 7.08. The second kappa shape index (κ2) is 8.75. The van der Waals surface area contributed by atoms with Crippen molar-refractivity contribution >= 4 is 32.6 Å². The van der Waals surface area contributed by atoms with Gasteiger partial charge in [-0.15, -0.1) is 23.6 Å². The molecule has 5 aromatic carbocycles. The Morgan fingerprint density at radius 3 is 2.09 bits per heavy atom. The smallest absolute Gasteiger partial charge is 0.0889 e. The molecule has 1 heterocycles. The molecule has 0 fully saturated rings. The maximum Gasteiger partial charge on any atom is 0.0889 e. The van der Waals surface area contributed by atoms with Crippen LogP contribution in [0.4, 0.5) is 0 Å². The molecule has 175 valence electrons. The molecule has 0 aliphatic carbocycles. The fourth-order valence-electron chi connectivity index (χ4n) is 5.83. The minimum atomic E-state index is 0. The SMILES string of the molecule is Cc1cc(C)c(-c2cc[c-]c3c4ncn(-c5c(C)cccc5C)c4c4ccccc4c23)c(C)c1.[Ir]. The molecular weight excluding hydrogens is 605 g/mol. The molecule has 1 aromatic heterocycles. The Morgan fingerprint density at radius 2 is 1.40 bits per heavy atom. The van der Waals surface area contributed by atoms with Gasteiger partial charge in [-0.3, -0.25) is 4.98 Å². The molecule has 1 radical (unpaired) electrons. The van der Waals surface area contributed by atoms with Crippen molar-refractivity contribution in [1.82, 2.24) is 9.55 Å². The molecule has 6 aromatic rings. The average Bonchev–Trinajstić information content (AvgIpc) is 3.24. The van der Waals surface area contributed by atoms with Crippen LogP contribution in [-0.4, -0.2) is 9.55 Å². The van der Waals surface area contributed by atoms with Crippen LogP contribution in [0.3, 0.4) is 0 Å². The fourth-order valence-corrected chi connectivity index (χ4v) is 5.83. The van der Waals surface area contributed by atoms with Crippen LogP contribution in [0.1, 0.15) is 27.8 Å². The van der Waals surface area contributed by atoms with Crippen LogP contribution >= 0.6 is 0 Å². The fraction of sp³-hybridized carbons (Fsp3) is 0.156. The number of hydrogen-bond donors (Lipinski definition) is 0. The van der Waals surface area contributed by atoms with E-state index in [1.54, 1.807) is 0 Å². The van der Waals surface area contributed by atoms with E-state index in [-0.39, 0.29) is 20.1 Å². The van der Waals surface area contributed by atoms with Crippen molar-refractivity contribution in [2.45, 2.75) is 34.6 Å². The van der Waals surface area contributed by atoms with E-state index in [2.05, 4.69) is 112 Å². The molecule has 0 amide bonds. The average molecular weight is 632 g/mol. The van der Waals surface area contributed by atoms with E-state index in [0.717, 1.165) is 16.4 Å². The van der Waals surface area contributed by atoms with Gasteiger partial charge in [-0.1, -0.05) is 76.5 Å². The zero-order valence-electron chi connectivity index (χ0n) is 20.7. The molecule has 0 N–H and O–H groups in total. The molecule has 35 heavy (non-hydrogen) atoms. The summed E-state index contributed by atoms with van der Waals surface area (Å²) in [5.41, 5.74) is 12.3. The Labute approximate surface area is 220 Å². The zero-order valence-corrected chi connectivity index (χ0v) is 23.1. The van der Waals surface area contributed by atoms with Gasteiger partial charge < -0.3 is 4.57 Å². The number of nitrogens with zero attached hydrogens (tertiary/aromatic N) is 2. The summed E-state index contributed by atoms with van der Waals surface area (Å²) in [6, 6.07) is 27.6. The van der Waals surface area contributed by atoms with Gasteiger partial charge >= 0.3 is 0 Å². The van der Waals surface area contributed by atoms with Crippen LogP contribution in [0.2, 0.25) is 0 Å². The van der Waals surface area contributed by atoms with Crippen molar-refractivity contribution in [3.05, 3.63) is 107 Å². The molecule has 2 nitrogen and oxygen atoms in total. The number of para-hydroxylation sites is 1. The Kier molecular flexibility index (Phi) is 5.87. The first kappa shape index (κ1) is 23.5. The third kappa shape index (κ3) is 3.54. The van der Waals surface area contributed by atoms with Gasteiger partial charge in [0.15, 0.2) is 0 Å². The molecule has 0 spiro atoms. The summed E-state index contributed by atoms with van der Waals surface area (Å²) in [6.07, 6.45) is 1.98. The first-order valence-corrected chi connectivity index (χ1v) is 11.8. The first-order valence-electron chi connectivity index (χ1n) is 11.8. The van der Waals surface area contributed by atoms with E-state index in [4.69, 9.17) is 4.98 Å². The maximum absolute atomic E-state index is 4.98. The molecule has 0 saturated carbocycles. The molecular formula is C32H27IrN2-. The van der Waals surface area contributed by atoms with Gasteiger partial charge in [-0.25, -0.2) is 0 Å². The number of fused-ring (bicyclic) bond motifs is 6. The molecule has 0 atom stereocenters. The number of aromatic nitrogens is 2. The second-order valence-electron chi connectivity index (χ2n) is 9.51. The van der Waals surface area contributed by atoms with E-state index in [1.807, 2.05) is 6.33 Å². The monoisotopic (exact) mass is 632 g/mol. The zero-order chi connectivity index (χ0) is 23.6. The van der Waals surface area contributed by atoms with Gasteiger partial charge in [0.1, 0.15) is 0 Å². The molecule has 0 saturated heterocycles. The summed E-state index contributed by atoms with van der Waals surface area (Å²) >= 11 is 0. The van der Waals surface area contributed by atoms with Crippen LogP contribution in [0.15, 0.2) is 73.1 Å². The minimum Gasteiger partial charge on any atom is -0.307 e. The van der Waals surface area contributed by atoms with Gasteiger partial charge in [-0.2, -0.15) is 0 Å². The number of hydrogen-bond acceptors (Lipinski definition) is 1. The number of imidazole rings is 1. The maximum atomic E-state index is 4.98. The standard InChI is InChI=1S/C32H27N2.Ir/c1-19-16-22(4)28(23(5)17-19)26-14-9-15-27-29(26)24-12-6-7-13-25(24)32-30(27)33-18-34(32)31-20(2)10-8-11-21(31)3;/h6-14,16-18H,1-5H3;/q-1;. The van der Waals surface area contributed by atoms with Gasteiger partial charge in [0.2, 0.25) is 0 Å². The van der Waals surface area contributed by atoms with Gasteiger partial charge in [0, 0.05) is 31.1 Å². The van der Waals surface area contributed by atoms with Crippen molar-refractivity contribution in [2.75, 3.05) is 0 Å². The van der Waals surface area contributed by atoms with Crippen molar-refractivity contribution in [3.8, 4) is 16.8 Å². The molecule has 6 rings (SSSR count). The van der Waals surface area contributed by atoms with E-state index in [0.29, 0.717) is 0 Å². The molecule has 0 aliphatic rings. The summed E-state index contributed by atoms with van der Waals surface area (Å²) in [4.78, 5) is 4.98. The quantitative estimate of drug-likeness (QED) is 0.139. The van der Waals surface area contributed by atoms with Crippen LogP contribution in [0.5, 0.6) is 0 Å². The van der Waals surface area contributed by atoms with E-state index in [1.165, 1.54) is 60.8 Å². The summed E-state index contributed by atoms with van der Waals surface area (Å²) in [5, 5.41) is 4.76.